The highest BCUT2D eigenvalue weighted by Crippen LogP contribution is 2.34. The standard InChI is InChI=1S/C18H30N4O.HI/c1-5-19-18(21-13-17(22(2)3)15-8-9-15)20-12-14-6-10-16(23-4)11-7-14;/h6-7,10-11,15,17H,5,8-9,12-13H2,1-4H3,(H2,19,20,21);1H. The third-order valence-electron chi connectivity index (χ3n) is 4.23. The highest BCUT2D eigenvalue weighted by Gasteiger charge is 2.32. The Morgan fingerprint density at radius 3 is 2.42 bits per heavy atom. The SMILES string of the molecule is CCNC(=NCc1ccc(OC)cc1)NCC(C1CC1)N(C)C.I. The lowest BCUT2D eigenvalue weighted by Gasteiger charge is -2.25. The van der Waals surface area contributed by atoms with Crippen molar-refractivity contribution in [3.63, 3.8) is 0 Å². The summed E-state index contributed by atoms with van der Waals surface area (Å²) in [6, 6.07) is 8.64. The van der Waals surface area contributed by atoms with Gasteiger partial charge in [-0.1, -0.05) is 12.1 Å². The van der Waals surface area contributed by atoms with Crippen LogP contribution < -0.4 is 15.4 Å². The molecule has 0 aliphatic heterocycles. The molecule has 0 aromatic heterocycles. The summed E-state index contributed by atoms with van der Waals surface area (Å²) in [5.74, 6) is 2.60. The molecule has 1 aliphatic rings. The van der Waals surface area contributed by atoms with E-state index in [1.165, 1.54) is 18.4 Å². The van der Waals surface area contributed by atoms with Gasteiger partial charge >= 0.3 is 0 Å². The van der Waals surface area contributed by atoms with Crippen LogP contribution in [0.5, 0.6) is 5.75 Å². The average molecular weight is 446 g/mol. The zero-order chi connectivity index (χ0) is 16.7. The van der Waals surface area contributed by atoms with Crippen molar-refractivity contribution in [3.05, 3.63) is 29.8 Å². The minimum absolute atomic E-state index is 0. The molecule has 136 valence electrons. The topological polar surface area (TPSA) is 48.9 Å². The molecule has 0 bridgehead atoms. The van der Waals surface area contributed by atoms with Crippen LogP contribution >= 0.6 is 24.0 Å². The highest BCUT2D eigenvalue weighted by molar-refractivity contribution is 14.0. The largest absolute Gasteiger partial charge is 0.497 e. The van der Waals surface area contributed by atoms with Crippen LogP contribution in [0.3, 0.4) is 0 Å². The van der Waals surface area contributed by atoms with Gasteiger partial charge in [0.1, 0.15) is 5.75 Å². The molecule has 2 N–H and O–H groups in total. The monoisotopic (exact) mass is 446 g/mol. The Hall–Kier alpha value is -1.02. The number of rotatable bonds is 8. The zero-order valence-electron chi connectivity index (χ0n) is 15.2. The molecule has 24 heavy (non-hydrogen) atoms. The molecule has 0 amide bonds. The minimum Gasteiger partial charge on any atom is -0.497 e. The maximum absolute atomic E-state index is 5.18. The highest BCUT2D eigenvalue weighted by atomic mass is 127. The van der Waals surface area contributed by atoms with Gasteiger partial charge < -0.3 is 20.3 Å². The Labute approximate surface area is 163 Å². The number of aliphatic imine (C=N–C) groups is 1. The molecule has 6 heteroatoms. The summed E-state index contributed by atoms with van der Waals surface area (Å²) in [5, 5.41) is 6.81. The number of likely N-dealkylation sites (N-methyl/N-ethyl adjacent to an activating group) is 1. The van der Waals surface area contributed by atoms with Crippen LogP contribution in [0.15, 0.2) is 29.3 Å². The molecule has 0 heterocycles. The minimum atomic E-state index is 0. The van der Waals surface area contributed by atoms with Gasteiger partial charge in [0.05, 0.1) is 13.7 Å². The van der Waals surface area contributed by atoms with Crippen molar-refractivity contribution in [3.8, 4) is 5.75 Å². The van der Waals surface area contributed by atoms with Crippen molar-refractivity contribution >= 4 is 29.9 Å². The predicted molar refractivity (Wildman–Crippen MR) is 111 cm³/mol. The van der Waals surface area contributed by atoms with Crippen molar-refractivity contribution < 1.29 is 4.74 Å². The summed E-state index contributed by atoms with van der Waals surface area (Å²) >= 11 is 0. The maximum Gasteiger partial charge on any atom is 0.191 e. The molecular weight excluding hydrogens is 415 g/mol. The van der Waals surface area contributed by atoms with E-state index in [0.717, 1.165) is 30.7 Å². The molecule has 1 saturated carbocycles. The fourth-order valence-corrected chi connectivity index (χ4v) is 2.70. The van der Waals surface area contributed by atoms with E-state index in [2.05, 4.69) is 53.7 Å². The third-order valence-corrected chi connectivity index (χ3v) is 4.23. The fourth-order valence-electron chi connectivity index (χ4n) is 2.70. The van der Waals surface area contributed by atoms with E-state index in [0.29, 0.717) is 12.6 Å². The van der Waals surface area contributed by atoms with Crippen molar-refractivity contribution in [2.75, 3.05) is 34.3 Å². The lowest BCUT2D eigenvalue weighted by atomic mass is 10.1. The van der Waals surface area contributed by atoms with Crippen LogP contribution in [-0.2, 0) is 6.54 Å². The number of guanidine groups is 1. The molecule has 0 spiro atoms. The van der Waals surface area contributed by atoms with Gasteiger partial charge in [-0.3, -0.25) is 0 Å². The molecule has 1 unspecified atom stereocenters. The molecule has 5 nitrogen and oxygen atoms in total. The normalized spacial score (nSPS) is 15.6. The molecule has 0 radical (unpaired) electrons. The molecule has 1 aliphatic carbocycles. The van der Waals surface area contributed by atoms with Gasteiger partial charge in [0.15, 0.2) is 5.96 Å². The van der Waals surface area contributed by atoms with E-state index in [4.69, 9.17) is 4.74 Å². The number of hydrogen-bond donors (Lipinski definition) is 2. The van der Waals surface area contributed by atoms with Crippen molar-refractivity contribution in [1.82, 2.24) is 15.5 Å². The Morgan fingerprint density at radius 2 is 1.92 bits per heavy atom. The van der Waals surface area contributed by atoms with Gasteiger partial charge in [-0.2, -0.15) is 0 Å². The summed E-state index contributed by atoms with van der Waals surface area (Å²) in [6.07, 6.45) is 2.70. The van der Waals surface area contributed by atoms with E-state index in [9.17, 15) is 0 Å². The van der Waals surface area contributed by atoms with Gasteiger partial charge in [0.25, 0.3) is 0 Å². The summed E-state index contributed by atoms with van der Waals surface area (Å²) in [7, 11) is 6.00. The quantitative estimate of drug-likeness (QED) is 0.366. The van der Waals surface area contributed by atoms with Crippen LogP contribution in [0.4, 0.5) is 0 Å². The number of hydrogen-bond acceptors (Lipinski definition) is 3. The first-order chi connectivity index (χ1) is 11.1. The van der Waals surface area contributed by atoms with Crippen LogP contribution in [0.1, 0.15) is 25.3 Å². The van der Waals surface area contributed by atoms with Crippen LogP contribution in [0.2, 0.25) is 0 Å². The molecule has 1 aromatic rings. The van der Waals surface area contributed by atoms with Crippen molar-refractivity contribution in [2.24, 2.45) is 10.9 Å². The molecule has 0 saturated heterocycles. The van der Waals surface area contributed by atoms with Gasteiger partial charge in [-0.15, -0.1) is 24.0 Å². The Kier molecular flexibility index (Phi) is 9.43. The number of nitrogens with one attached hydrogen (secondary N) is 2. The predicted octanol–water partition coefficient (Wildman–Crippen LogP) is 2.71. The number of halogens is 1. The van der Waals surface area contributed by atoms with E-state index in [-0.39, 0.29) is 24.0 Å². The van der Waals surface area contributed by atoms with Crippen LogP contribution in [0, 0.1) is 5.92 Å². The van der Waals surface area contributed by atoms with Crippen LogP contribution in [0.25, 0.3) is 0 Å². The summed E-state index contributed by atoms with van der Waals surface area (Å²) in [5.41, 5.74) is 1.18. The van der Waals surface area contributed by atoms with Crippen LogP contribution in [-0.4, -0.2) is 51.2 Å². The number of benzene rings is 1. The zero-order valence-corrected chi connectivity index (χ0v) is 17.5. The number of ether oxygens (including phenoxy) is 1. The molecule has 2 rings (SSSR count). The second-order valence-corrected chi connectivity index (χ2v) is 6.29. The van der Waals surface area contributed by atoms with Gasteiger partial charge in [-0.25, -0.2) is 4.99 Å². The van der Waals surface area contributed by atoms with Crippen molar-refractivity contribution in [1.29, 1.82) is 0 Å². The third kappa shape index (κ3) is 6.84. The molecule has 1 aromatic carbocycles. The molecule has 1 atom stereocenters. The van der Waals surface area contributed by atoms with E-state index in [1.807, 2.05) is 12.1 Å². The van der Waals surface area contributed by atoms with Crippen molar-refractivity contribution in [2.45, 2.75) is 32.4 Å². The van der Waals surface area contributed by atoms with E-state index >= 15 is 0 Å². The summed E-state index contributed by atoms with van der Waals surface area (Å²) in [4.78, 5) is 7.00. The number of methoxy groups -OCH3 is 1. The lowest BCUT2D eigenvalue weighted by molar-refractivity contribution is 0.264. The second-order valence-electron chi connectivity index (χ2n) is 6.29. The Bertz CT molecular complexity index is 498. The fraction of sp³-hybridized carbons (Fsp3) is 0.611. The first kappa shape index (κ1) is 21.0. The second kappa shape index (κ2) is 10.8. The van der Waals surface area contributed by atoms with E-state index in [1.54, 1.807) is 7.11 Å². The van der Waals surface area contributed by atoms with Gasteiger partial charge in [0, 0.05) is 19.1 Å². The lowest BCUT2D eigenvalue weighted by Crippen LogP contribution is -2.46. The smallest absolute Gasteiger partial charge is 0.191 e. The Morgan fingerprint density at radius 1 is 1.25 bits per heavy atom. The maximum atomic E-state index is 5.18. The first-order valence-electron chi connectivity index (χ1n) is 8.45. The summed E-state index contributed by atoms with van der Waals surface area (Å²) in [6.45, 7) is 4.56. The van der Waals surface area contributed by atoms with E-state index < -0.39 is 0 Å². The molecule has 1 fully saturated rings. The first-order valence-corrected chi connectivity index (χ1v) is 8.45. The summed E-state index contributed by atoms with van der Waals surface area (Å²) < 4.78 is 5.18. The van der Waals surface area contributed by atoms with Gasteiger partial charge in [-0.05, 0) is 57.5 Å². The molecular formula is C18H31IN4O. The average Bonchev–Trinajstić information content (AvgIpc) is 3.37. The number of nitrogens with zero attached hydrogens (tertiary/aromatic N) is 2. The van der Waals surface area contributed by atoms with Gasteiger partial charge in [0.2, 0.25) is 0 Å². The Balaban J connectivity index is 0.00000288.